The van der Waals surface area contributed by atoms with Crippen molar-refractivity contribution in [3.8, 4) is 5.75 Å². The second-order valence-corrected chi connectivity index (χ2v) is 7.87. The lowest BCUT2D eigenvalue weighted by Gasteiger charge is -2.25. The molecule has 30 heavy (non-hydrogen) atoms. The molecule has 0 fully saturated rings. The third kappa shape index (κ3) is 5.45. The molecule has 0 unspecified atom stereocenters. The normalized spacial score (nSPS) is 10.9. The summed E-state index contributed by atoms with van der Waals surface area (Å²) in [6, 6.07) is 21.7. The number of hydrogen-bond acceptors (Lipinski definition) is 5. The van der Waals surface area contributed by atoms with Gasteiger partial charge in [0, 0.05) is 11.6 Å². The maximum atomic E-state index is 6.53. The maximum Gasteiger partial charge on any atom is 0.119 e. The fourth-order valence-corrected chi connectivity index (χ4v) is 3.35. The van der Waals surface area contributed by atoms with E-state index < -0.39 is 0 Å². The van der Waals surface area contributed by atoms with E-state index in [1.54, 1.807) is 10.0 Å². The van der Waals surface area contributed by atoms with Gasteiger partial charge in [0.2, 0.25) is 0 Å². The highest BCUT2D eigenvalue weighted by Gasteiger charge is 2.14. The molecule has 3 rings (SSSR count). The third-order valence-corrected chi connectivity index (χ3v) is 5.04. The van der Waals surface area contributed by atoms with Crippen LogP contribution in [0, 0.1) is 0 Å². The molecule has 0 saturated heterocycles. The molecule has 0 spiro atoms. The van der Waals surface area contributed by atoms with Crippen LogP contribution in [0.5, 0.6) is 5.75 Å². The van der Waals surface area contributed by atoms with Crippen LogP contribution >= 0.6 is 11.6 Å². The van der Waals surface area contributed by atoms with E-state index in [4.69, 9.17) is 28.0 Å². The standard InChI is InChI=1S/C24H29ClN4O/c1-4-28(26)22-11-14-24(19(16-22)15-18-5-7-20(25)8-6-18)29(27)21-9-12-23(13-10-21)30-17(2)3/h5-14,16-17H,4,15,26-27H2,1-3H3. The van der Waals surface area contributed by atoms with Crippen molar-refractivity contribution in [3.63, 3.8) is 0 Å². The smallest absolute Gasteiger partial charge is 0.119 e. The first-order valence-electron chi connectivity index (χ1n) is 10.1. The Labute approximate surface area is 183 Å². The van der Waals surface area contributed by atoms with Crippen molar-refractivity contribution in [1.82, 2.24) is 0 Å². The molecular weight excluding hydrogens is 396 g/mol. The molecule has 0 atom stereocenters. The Morgan fingerprint density at radius 1 is 0.900 bits per heavy atom. The Morgan fingerprint density at radius 3 is 2.13 bits per heavy atom. The first-order chi connectivity index (χ1) is 14.4. The topological polar surface area (TPSA) is 67.8 Å². The van der Waals surface area contributed by atoms with E-state index >= 15 is 0 Å². The molecule has 0 heterocycles. The van der Waals surface area contributed by atoms with Gasteiger partial charge in [-0.25, -0.2) is 11.7 Å². The van der Waals surface area contributed by atoms with E-state index in [0.29, 0.717) is 13.0 Å². The molecule has 158 valence electrons. The molecule has 0 radical (unpaired) electrons. The number of nitrogens with zero attached hydrogens (tertiary/aromatic N) is 2. The van der Waals surface area contributed by atoms with Gasteiger partial charge in [0.05, 0.1) is 23.2 Å². The van der Waals surface area contributed by atoms with Gasteiger partial charge < -0.3 is 9.75 Å². The summed E-state index contributed by atoms with van der Waals surface area (Å²) < 4.78 is 5.73. The average molecular weight is 425 g/mol. The predicted octanol–water partition coefficient (Wildman–Crippen LogP) is 5.43. The van der Waals surface area contributed by atoms with E-state index in [0.717, 1.165) is 39.0 Å². The summed E-state index contributed by atoms with van der Waals surface area (Å²) in [6.45, 7) is 6.74. The third-order valence-electron chi connectivity index (χ3n) is 4.79. The molecule has 4 N–H and O–H groups in total. The highest BCUT2D eigenvalue weighted by molar-refractivity contribution is 6.30. The number of halogens is 1. The van der Waals surface area contributed by atoms with E-state index in [1.165, 1.54) is 0 Å². The van der Waals surface area contributed by atoms with Crippen molar-refractivity contribution in [3.05, 3.63) is 82.9 Å². The number of benzene rings is 3. The van der Waals surface area contributed by atoms with Crippen LogP contribution < -0.4 is 26.4 Å². The Balaban J connectivity index is 1.94. The van der Waals surface area contributed by atoms with E-state index in [2.05, 4.69) is 6.07 Å². The molecule has 6 heteroatoms. The summed E-state index contributed by atoms with van der Waals surface area (Å²) in [5.74, 6) is 13.5. The molecule has 0 bridgehead atoms. The molecule has 0 aromatic heterocycles. The van der Waals surface area contributed by atoms with Gasteiger partial charge in [-0.05, 0) is 92.9 Å². The van der Waals surface area contributed by atoms with Gasteiger partial charge in [0.25, 0.3) is 0 Å². The van der Waals surface area contributed by atoms with E-state index in [-0.39, 0.29) is 6.10 Å². The lowest BCUT2D eigenvalue weighted by atomic mass is 10.0. The molecule has 5 nitrogen and oxygen atoms in total. The highest BCUT2D eigenvalue weighted by atomic mass is 35.5. The number of anilines is 3. The Morgan fingerprint density at radius 2 is 1.53 bits per heavy atom. The zero-order valence-corrected chi connectivity index (χ0v) is 18.4. The van der Waals surface area contributed by atoms with Crippen molar-refractivity contribution in [2.24, 2.45) is 11.7 Å². The van der Waals surface area contributed by atoms with Gasteiger partial charge in [-0.2, -0.15) is 0 Å². The van der Waals surface area contributed by atoms with Crippen molar-refractivity contribution >= 4 is 28.7 Å². The molecule has 0 aliphatic rings. The van der Waals surface area contributed by atoms with Crippen molar-refractivity contribution in [1.29, 1.82) is 0 Å². The molecule has 0 saturated carbocycles. The Hall–Kier alpha value is -2.73. The number of nitrogens with two attached hydrogens (primary N) is 2. The van der Waals surface area contributed by atoms with Gasteiger partial charge in [0.1, 0.15) is 5.75 Å². The monoisotopic (exact) mass is 424 g/mol. The number of rotatable bonds is 8. The molecule has 0 aliphatic carbocycles. The second kappa shape index (κ2) is 9.85. The van der Waals surface area contributed by atoms with Crippen LogP contribution in [0.3, 0.4) is 0 Å². The van der Waals surface area contributed by atoms with Crippen LogP contribution in [0.4, 0.5) is 17.1 Å². The Bertz CT molecular complexity index is 958. The number of hydrogen-bond donors (Lipinski definition) is 2. The van der Waals surface area contributed by atoms with Crippen molar-refractivity contribution < 1.29 is 4.74 Å². The summed E-state index contributed by atoms with van der Waals surface area (Å²) in [5, 5.41) is 4.13. The van der Waals surface area contributed by atoms with Crippen LogP contribution in [0.2, 0.25) is 5.02 Å². The van der Waals surface area contributed by atoms with Crippen LogP contribution in [0.1, 0.15) is 31.9 Å². The van der Waals surface area contributed by atoms with Gasteiger partial charge in [0.15, 0.2) is 0 Å². The van der Waals surface area contributed by atoms with Crippen LogP contribution in [0.25, 0.3) is 0 Å². The summed E-state index contributed by atoms with van der Waals surface area (Å²) in [4.78, 5) is 0. The maximum absolute atomic E-state index is 6.53. The molecule has 3 aromatic rings. The summed E-state index contributed by atoms with van der Waals surface area (Å²) in [6.07, 6.45) is 0.835. The molecule has 3 aromatic carbocycles. The van der Waals surface area contributed by atoms with Gasteiger partial charge in [-0.15, -0.1) is 0 Å². The summed E-state index contributed by atoms with van der Waals surface area (Å²) in [7, 11) is 0. The highest BCUT2D eigenvalue weighted by Crippen LogP contribution is 2.31. The molecule has 0 amide bonds. The minimum absolute atomic E-state index is 0.126. The van der Waals surface area contributed by atoms with Crippen molar-refractivity contribution in [2.45, 2.75) is 33.3 Å². The van der Waals surface area contributed by atoms with Gasteiger partial charge >= 0.3 is 0 Å². The van der Waals surface area contributed by atoms with Crippen LogP contribution in [-0.2, 0) is 6.42 Å². The van der Waals surface area contributed by atoms with Gasteiger partial charge in [-0.3, -0.25) is 5.01 Å². The van der Waals surface area contributed by atoms with Gasteiger partial charge in [-0.1, -0.05) is 23.7 Å². The largest absolute Gasteiger partial charge is 0.491 e. The van der Waals surface area contributed by atoms with Crippen LogP contribution in [-0.4, -0.2) is 12.6 Å². The average Bonchev–Trinajstić information content (AvgIpc) is 2.74. The Kier molecular flexibility index (Phi) is 7.21. The quantitative estimate of drug-likeness (QED) is 0.372. The molecular formula is C24H29ClN4O. The summed E-state index contributed by atoms with van der Waals surface area (Å²) >= 11 is 6.04. The minimum atomic E-state index is 0.126. The number of hydrazine groups is 2. The van der Waals surface area contributed by atoms with Crippen LogP contribution in [0.15, 0.2) is 66.7 Å². The zero-order chi connectivity index (χ0) is 21.7. The first kappa shape index (κ1) is 22.0. The van der Waals surface area contributed by atoms with Crippen molar-refractivity contribution in [2.75, 3.05) is 16.6 Å². The minimum Gasteiger partial charge on any atom is -0.491 e. The second-order valence-electron chi connectivity index (χ2n) is 7.43. The first-order valence-corrected chi connectivity index (χ1v) is 10.5. The fourth-order valence-electron chi connectivity index (χ4n) is 3.23. The number of ether oxygens (including phenoxy) is 1. The van der Waals surface area contributed by atoms with E-state index in [1.807, 2.05) is 81.4 Å². The lowest BCUT2D eigenvalue weighted by molar-refractivity contribution is 0.242. The molecule has 0 aliphatic heterocycles. The fraction of sp³-hybridized carbons (Fsp3) is 0.250. The zero-order valence-electron chi connectivity index (χ0n) is 17.7. The van der Waals surface area contributed by atoms with E-state index in [9.17, 15) is 0 Å². The lowest BCUT2D eigenvalue weighted by Crippen LogP contribution is -2.31. The SMILES string of the molecule is CCN(N)c1ccc(N(N)c2ccc(OC(C)C)cc2)c(Cc2ccc(Cl)cc2)c1. The summed E-state index contributed by atoms with van der Waals surface area (Å²) in [5.41, 5.74) is 4.95. The predicted molar refractivity (Wildman–Crippen MR) is 126 cm³/mol.